The van der Waals surface area contributed by atoms with Crippen LogP contribution in [0.2, 0.25) is 0 Å². The Hall–Kier alpha value is -1.79. The zero-order chi connectivity index (χ0) is 15.3. The first-order valence-electron chi connectivity index (χ1n) is 6.97. The molecule has 0 aromatic carbocycles. The Bertz CT molecular complexity index is 391. The normalized spacial score (nSPS) is 20.2. The molecular formula is C13H25N4O3+. The molecule has 1 aliphatic rings. The average Bonchev–Trinajstić information content (AvgIpc) is 2.70. The van der Waals surface area contributed by atoms with Crippen LogP contribution in [0.4, 0.5) is 0 Å². The lowest BCUT2D eigenvalue weighted by Crippen LogP contribution is -2.78. The number of nitrogens with zero attached hydrogens (tertiary/aromatic N) is 1. The predicted octanol–water partition coefficient (Wildman–Crippen LogP) is -1.92. The van der Waals surface area contributed by atoms with Crippen LogP contribution in [0.3, 0.4) is 0 Å². The van der Waals surface area contributed by atoms with E-state index < -0.39 is 12.0 Å². The van der Waals surface area contributed by atoms with E-state index >= 15 is 0 Å². The molecule has 1 rings (SSSR count). The lowest BCUT2D eigenvalue weighted by Gasteiger charge is -2.25. The molecule has 1 amide bonds. The van der Waals surface area contributed by atoms with Crippen LogP contribution in [0.1, 0.15) is 33.1 Å². The van der Waals surface area contributed by atoms with Gasteiger partial charge in [-0.15, -0.1) is 0 Å². The van der Waals surface area contributed by atoms with Crippen molar-refractivity contribution >= 4 is 17.8 Å². The average molecular weight is 285 g/mol. The molecule has 7 heteroatoms. The van der Waals surface area contributed by atoms with Gasteiger partial charge in [-0.25, -0.2) is 4.79 Å². The van der Waals surface area contributed by atoms with Gasteiger partial charge in [0.05, 0.1) is 6.54 Å². The third kappa shape index (κ3) is 4.40. The van der Waals surface area contributed by atoms with E-state index in [-0.39, 0.29) is 17.8 Å². The summed E-state index contributed by atoms with van der Waals surface area (Å²) in [5.41, 5.74) is 10.5. The van der Waals surface area contributed by atoms with Crippen molar-refractivity contribution in [1.82, 2.24) is 4.90 Å². The van der Waals surface area contributed by atoms with Crippen molar-refractivity contribution in [3.05, 3.63) is 0 Å². The van der Waals surface area contributed by atoms with Crippen LogP contribution in [0.15, 0.2) is 0 Å². The third-order valence-electron chi connectivity index (χ3n) is 3.78. The standard InChI is InChI=1S/C13H24N4O3/c1-8(2)9-6-11(18)17(7-9)10(12(19)20)4-3-5-16-13(14)15/h8-10H,3-7H2,1-2H3,(H,19,20)(H4,14,15,16)/p+1/t9?,10-/m0/s1. The van der Waals surface area contributed by atoms with Gasteiger partial charge in [-0.05, 0) is 24.7 Å². The molecule has 114 valence electrons. The quantitative estimate of drug-likeness (QED) is 0.247. The predicted molar refractivity (Wildman–Crippen MR) is 74.5 cm³/mol. The molecule has 0 radical (unpaired) electrons. The van der Waals surface area contributed by atoms with Crippen molar-refractivity contribution in [3.63, 3.8) is 0 Å². The van der Waals surface area contributed by atoms with Gasteiger partial charge in [-0.1, -0.05) is 13.8 Å². The number of rotatable bonds is 7. The smallest absolute Gasteiger partial charge is 0.338 e. The summed E-state index contributed by atoms with van der Waals surface area (Å²) in [6.07, 6.45) is 1.43. The van der Waals surface area contributed by atoms with Crippen LogP contribution < -0.4 is 16.5 Å². The summed E-state index contributed by atoms with van der Waals surface area (Å²) in [6, 6.07) is -0.757. The maximum absolute atomic E-state index is 12.0. The van der Waals surface area contributed by atoms with Crippen molar-refractivity contribution in [2.24, 2.45) is 23.3 Å². The Labute approximate surface area is 119 Å². The lowest BCUT2D eigenvalue weighted by atomic mass is 9.95. The SMILES string of the molecule is CC(C)C1CC(=O)N([C@@H](CCC[NH+]=C(N)N)C(=O)O)C1. The van der Waals surface area contributed by atoms with E-state index in [1.54, 1.807) is 0 Å². The fraction of sp³-hybridized carbons (Fsp3) is 0.769. The van der Waals surface area contributed by atoms with E-state index in [1.165, 1.54) is 4.90 Å². The largest absolute Gasteiger partial charge is 0.480 e. The van der Waals surface area contributed by atoms with Crippen LogP contribution in [-0.4, -0.2) is 47.0 Å². The minimum atomic E-state index is -0.951. The van der Waals surface area contributed by atoms with Crippen molar-refractivity contribution in [2.75, 3.05) is 13.1 Å². The summed E-state index contributed by atoms with van der Waals surface area (Å²) >= 11 is 0. The molecule has 1 aliphatic heterocycles. The molecule has 1 unspecified atom stereocenters. The van der Waals surface area contributed by atoms with Crippen molar-refractivity contribution < 1.29 is 19.7 Å². The van der Waals surface area contributed by atoms with Gasteiger partial charge in [0.15, 0.2) is 0 Å². The van der Waals surface area contributed by atoms with Crippen molar-refractivity contribution in [1.29, 1.82) is 0 Å². The number of carbonyl (C=O) groups excluding carboxylic acids is 1. The summed E-state index contributed by atoms with van der Waals surface area (Å²) in [6.45, 7) is 5.15. The van der Waals surface area contributed by atoms with Crippen molar-refractivity contribution in [2.45, 2.75) is 39.2 Å². The number of hydrogen-bond donors (Lipinski definition) is 4. The second-order valence-electron chi connectivity index (χ2n) is 5.63. The minimum absolute atomic E-state index is 0.0611. The highest BCUT2D eigenvalue weighted by atomic mass is 16.4. The van der Waals surface area contributed by atoms with Crippen molar-refractivity contribution in [3.8, 4) is 0 Å². The number of aliphatic carboxylic acids is 1. The molecule has 7 nitrogen and oxygen atoms in total. The van der Waals surface area contributed by atoms with E-state index in [2.05, 4.69) is 18.8 Å². The summed E-state index contributed by atoms with van der Waals surface area (Å²) in [7, 11) is 0. The van der Waals surface area contributed by atoms with E-state index in [0.717, 1.165) is 0 Å². The van der Waals surface area contributed by atoms with Crippen LogP contribution in [0.5, 0.6) is 0 Å². The van der Waals surface area contributed by atoms with Gasteiger partial charge in [0.25, 0.3) is 0 Å². The molecule has 20 heavy (non-hydrogen) atoms. The zero-order valence-corrected chi connectivity index (χ0v) is 12.1. The molecular weight excluding hydrogens is 260 g/mol. The number of hydrogen-bond acceptors (Lipinski definition) is 2. The highest BCUT2D eigenvalue weighted by Gasteiger charge is 2.38. The van der Waals surface area contributed by atoms with E-state index in [1.807, 2.05) is 0 Å². The van der Waals surface area contributed by atoms with Crippen LogP contribution in [-0.2, 0) is 9.59 Å². The number of likely N-dealkylation sites (tertiary alicyclic amines) is 1. The third-order valence-corrected chi connectivity index (χ3v) is 3.78. The summed E-state index contributed by atoms with van der Waals surface area (Å²) in [4.78, 5) is 27.6. The monoisotopic (exact) mass is 285 g/mol. The second kappa shape index (κ2) is 7.12. The Morgan fingerprint density at radius 2 is 2.15 bits per heavy atom. The number of carboxylic acids is 1. The molecule has 0 aliphatic carbocycles. The Balaban J connectivity index is 2.60. The number of amides is 1. The number of carboxylic acid groups (broad SMARTS) is 1. The first kappa shape index (κ1) is 16.3. The van der Waals surface area contributed by atoms with Gasteiger partial charge < -0.3 is 10.0 Å². The molecule has 0 bridgehead atoms. The molecule has 0 aromatic rings. The Kier molecular flexibility index (Phi) is 5.79. The van der Waals surface area contributed by atoms with E-state index in [4.69, 9.17) is 11.5 Å². The molecule has 0 aromatic heterocycles. The fourth-order valence-corrected chi connectivity index (χ4v) is 2.45. The molecule has 1 saturated heterocycles. The van der Waals surface area contributed by atoms with Gasteiger partial charge in [0.2, 0.25) is 5.91 Å². The Morgan fingerprint density at radius 1 is 1.50 bits per heavy atom. The summed E-state index contributed by atoms with van der Waals surface area (Å²) in [5.74, 6) is -0.266. The van der Waals surface area contributed by atoms with Crippen LogP contribution in [0.25, 0.3) is 0 Å². The number of nitrogens with two attached hydrogens (primary N) is 2. The first-order valence-corrected chi connectivity index (χ1v) is 6.97. The maximum Gasteiger partial charge on any atom is 0.338 e. The van der Waals surface area contributed by atoms with E-state index in [0.29, 0.717) is 38.3 Å². The summed E-state index contributed by atoms with van der Waals surface area (Å²) < 4.78 is 0. The molecule has 1 heterocycles. The molecule has 0 saturated carbocycles. The topological polar surface area (TPSA) is 124 Å². The fourth-order valence-electron chi connectivity index (χ4n) is 2.45. The molecule has 6 N–H and O–H groups in total. The maximum atomic E-state index is 12.0. The summed E-state index contributed by atoms with van der Waals surface area (Å²) in [5, 5.41) is 9.32. The number of carbonyl (C=O) groups is 2. The van der Waals surface area contributed by atoms with Gasteiger partial charge in [-0.3, -0.25) is 21.3 Å². The highest BCUT2D eigenvalue weighted by Crippen LogP contribution is 2.27. The number of nitrogens with one attached hydrogen (secondary N) is 1. The highest BCUT2D eigenvalue weighted by molar-refractivity contribution is 5.85. The molecule has 2 atom stereocenters. The van der Waals surface area contributed by atoms with Gasteiger partial charge >= 0.3 is 11.9 Å². The lowest BCUT2D eigenvalue weighted by molar-refractivity contribution is -0.459. The van der Waals surface area contributed by atoms with Crippen LogP contribution >= 0.6 is 0 Å². The first-order chi connectivity index (χ1) is 9.32. The molecule has 1 fully saturated rings. The van der Waals surface area contributed by atoms with Gasteiger partial charge in [0.1, 0.15) is 6.04 Å². The zero-order valence-electron chi connectivity index (χ0n) is 12.1. The van der Waals surface area contributed by atoms with Crippen LogP contribution in [0, 0.1) is 11.8 Å². The van der Waals surface area contributed by atoms with Gasteiger partial charge in [0, 0.05) is 13.0 Å². The minimum Gasteiger partial charge on any atom is -0.480 e. The number of guanidine groups is 1. The van der Waals surface area contributed by atoms with Gasteiger partial charge in [-0.2, -0.15) is 0 Å². The second-order valence-corrected chi connectivity index (χ2v) is 5.63. The Morgan fingerprint density at radius 3 is 2.60 bits per heavy atom. The molecule has 0 spiro atoms. The van der Waals surface area contributed by atoms with E-state index in [9.17, 15) is 14.7 Å².